The van der Waals surface area contributed by atoms with Gasteiger partial charge in [-0.15, -0.1) is 10.2 Å². The number of aromatic nitrogens is 2. The Balaban J connectivity index is 1.58. The Bertz CT molecular complexity index is 1170. The molecule has 0 bridgehead atoms. The van der Waals surface area contributed by atoms with Gasteiger partial charge >= 0.3 is 5.97 Å². The second-order valence-electron chi connectivity index (χ2n) is 6.80. The van der Waals surface area contributed by atoms with E-state index in [-0.39, 0.29) is 29.0 Å². The lowest BCUT2D eigenvalue weighted by Crippen LogP contribution is -2.35. The monoisotopic (exact) mass is 413 g/mol. The largest absolute Gasteiger partial charge is 0.452 e. The van der Waals surface area contributed by atoms with Crippen molar-refractivity contribution < 1.29 is 22.4 Å². The molecule has 0 saturated heterocycles. The van der Waals surface area contributed by atoms with Crippen LogP contribution < -0.4 is 4.31 Å². The molecule has 0 radical (unpaired) electrons. The zero-order valence-electron chi connectivity index (χ0n) is 15.9. The Hall–Kier alpha value is -3.20. The van der Waals surface area contributed by atoms with E-state index in [1.807, 2.05) is 25.1 Å². The Morgan fingerprint density at radius 3 is 2.76 bits per heavy atom. The first-order valence-electron chi connectivity index (χ1n) is 9.05. The summed E-state index contributed by atoms with van der Waals surface area (Å²) in [5, 5.41) is 7.41. The summed E-state index contributed by atoms with van der Waals surface area (Å²) in [6.45, 7) is 3.30. The average molecular weight is 413 g/mol. The third-order valence-corrected chi connectivity index (χ3v) is 6.59. The maximum absolute atomic E-state index is 13.3. The van der Waals surface area contributed by atoms with Crippen LogP contribution >= 0.6 is 0 Å². The van der Waals surface area contributed by atoms with Crippen molar-refractivity contribution in [2.75, 3.05) is 4.31 Å². The minimum absolute atomic E-state index is 0.0316. The summed E-state index contributed by atoms with van der Waals surface area (Å²) in [5.74, 6) is -0.140. The second kappa shape index (κ2) is 7.32. The fraction of sp³-hybridized carbons (Fsp3) is 0.250. The molecule has 1 atom stereocenters. The number of carbonyl (C=O) groups is 1. The summed E-state index contributed by atoms with van der Waals surface area (Å²) in [7, 11) is -3.84. The lowest BCUT2D eigenvalue weighted by atomic mass is 10.1. The zero-order valence-corrected chi connectivity index (χ0v) is 16.7. The molecule has 8 nitrogen and oxygen atoms in total. The normalized spacial score (nSPS) is 15.9. The molecule has 0 unspecified atom stereocenters. The van der Waals surface area contributed by atoms with Gasteiger partial charge in [0.15, 0.2) is 6.61 Å². The van der Waals surface area contributed by atoms with Gasteiger partial charge in [-0.3, -0.25) is 4.31 Å². The third-order valence-electron chi connectivity index (χ3n) is 4.67. The molecule has 0 spiro atoms. The van der Waals surface area contributed by atoms with Crippen molar-refractivity contribution >= 4 is 21.7 Å². The summed E-state index contributed by atoms with van der Waals surface area (Å²) >= 11 is 0. The van der Waals surface area contributed by atoms with E-state index >= 15 is 0 Å². The average Bonchev–Trinajstić information content (AvgIpc) is 3.28. The van der Waals surface area contributed by atoms with E-state index < -0.39 is 16.0 Å². The molecule has 29 heavy (non-hydrogen) atoms. The van der Waals surface area contributed by atoms with Crippen molar-refractivity contribution in [3.63, 3.8) is 0 Å². The number of para-hydroxylation sites is 1. The molecule has 150 valence electrons. The first-order valence-corrected chi connectivity index (χ1v) is 10.5. The molecule has 0 fully saturated rings. The molecular weight excluding hydrogens is 394 g/mol. The van der Waals surface area contributed by atoms with Gasteiger partial charge in [-0.1, -0.05) is 24.3 Å². The molecule has 0 amide bonds. The van der Waals surface area contributed by atoms with Crippen LogP contribution in [0, 0.1) is 6.92 Å². The van der Waals surface area contributed by atoms with E-state index in [2.05, 4.69) is 10.2 Å². The molecule has 4 rings (SSSR count). The van der Waals surface area contributed by atoms with Crippen LogP contribution in [0.3, 0.4) is 0 Å². The van der Waals surface area contributed by atoms with Crippen LogP contribution in [0.15, 0.2) is 57.8 Å². The van der Waals surface area contributed by atoms with Gasteiger partial charge in [0, 0.05) is 13.0 Å². The number of fused-ring (bicyclic) bond motifs is 1. The molecule has 1 aromatic heterocycles. The highest BCUT2D eigenvalue weighted by Crippen LogP contribution is 2.36. The van der Waals surface area contributed by atoms with E-state index in [0.717, 1.165) is 5.56 Å². The van der Waals surface area contributed by atoms with E-state index in [1.54, 1.807) is 13.0 Å². The maximum atomic E-state index is 13.3. The van der Waals surface area contributed by atoms with Crippen molar-refractivity contribution in [3.05, 3.63) is 71.4 Å². The van der Waals surface area contributed by atoms with Gasteiger partial charge in [-0.05, 0) is 43.2 Å². The Labute approximate surface area is 168 Å². The molecule has 1 aliphatic rings. The highest BCUT2D eigenvalue weighted by Gasteiger charge is 2.36. The molecular formula is C20H19N3O5S. The van der Waals surface area contributed by atoms with E-state index in [0.29, 0.717) is 18.0 Å². The topological polar surface area (TPSA) is 103 Å². The summed E-state index contributed by atoms with van der Waals surface area (Å²) < 4.78 is 38.3. The Morgan fingerprint density at radius 2 is 2.00 bits per heavy atom. The zero-order chi connectivity index (χ0) is 20.6. The molecule has 0 saturated carbocycles. The fourth-order valence-corrected chi connectivity index (χ4v) is 5.15. The minimum Gasteiger partial charge on any atom is -0.452 e. The van der Waals surface area contributed by atoms with E-state index in [1.165, 1.54) is 28.6 Å². The van der Waals surface area contributed by atoms with Crippen molar-refractivity contribution in [2.24, 2.45) is 0 Å². The van der Waals surface area contributed by atoms with Gasteiger partial charge in [-0.25, -0.2) is 13.2 Å². The standard InChI is InChI=1S/C20H19N3O5S/c1-13-10-15-6-3-4-9-18(15)23(13)29(25,26)17-8-5-7-16(11-17)20(24)27-12-19-22-21-14(2)28-19/h3-9,11,13H,10,12H2,1-2H3/t13-/m1/s1. The second-order valence-corrected chi connectivity index (χ2v) is 8.62. The maximum Gasteiger partial charge on any atom is 0.338 e. The first kappa shape index (κ1) is 19.1. The number of benzene rings is 2. The Morgan fingerprint density at radius 1 is 1.21 bits per heavy atom. The minimum atomic E-state index is -3.84. The molecule has 2 aromatic carbocycles. The van der Waals surface area contributed by atoms with Crippen LogP contribution in [0.4, 0.5) is 5.69 Å². The number of nitrogens with zero attached hydrogens (tertiary/aromatic N) is 3. The first-order chi connectivity index (χ1) is 13.9. The number of anilines is 1. The highest BCUT2D eigenvalue weighted by molar-refractivity contribution is 7.92. The number of ether oxygens (including phenoxy) is 1. The summed E-state index contributed by atoms with van der Waals surface area (Å²) in [4.78, 5) is 12.4. The van der Waals surface area contributed by atoms with Crippen LogP contribution in [0.2, 0.25) is 0 Å². The fourth-order valence-electron chi connectivity index (χ4n) is 3.41. The molecule has 0 N–H and O–H groups in total. The molecule has 3 aromatic rings. The highest BCUT2D eigenvalue weighted by atomic mass is 32.2. The number of aryl methyl sites for hydroxylation is 1. The van der Waals surface area contributed by atoms with Crippen LogP contribution in [0.25, 0.3) is 0 Å². The predicted molar refractivity (Wildman–Crippen MR) is 104 cm³/mol. The van der Waals surface area contributed by atoms with Gasteiger partial charge in [-0.2, -0.15) is 0 Å². The number of hydrogen-bond donors (Lipinski definition) is 0. The number of esters is 1. The van der Waals surface area contributed by atoms with Crippen molar-refractivity contribution in [1.82, 2.24) is 10.2 Å². The smallest absolute Gasteiger partial charge is 0.338 e. The van der Waals surface area contributed by atoms with Gasteiger partial charge in [0.25, 0.3) is 15.9 Å². The summed E-state index contributed by atoms with van der Waals surface area (Å²) in [6, 6.07) is 13.0. The summed E-state index contributed by atoms with van der Waals surface area (Å²) in [5.41, 5.74) is 1.77. The number of hydrogen-bond acceptors (Lipinski definition) is 7. The van der Waals surface area contributed by atoms with Gasteiger partial charge < -0.3 is 9.15 Å². The van der Waals surface area contributed by atoms with Crippen LogP contribution in [0.1, 0.15) is 34.6 Å². The molecule has 1 aliphatic heterocycles. The van der Waals surface area contributed by atoms with Gasteiger partial charge in [0.05, 0.1) is 16.1 Å². The summed E-state index contributed by atoms with van der Waals surface area (Å²) in [6.07, 6.45) is 0.640. The SMILES string of the molecule is Cc1nnc(COC(=O)c2cccc(S(=O)(=O)N3c4ccccc4C[C@H]3C)c2)o1. The molecule has 2 heterocycles. The number of carbonyl (C=O) groups excluding carboxylic acids is 1. The van der Waals surface area contributed by atoms with Crippen molar-refractivity contribution in [1.29, 1.82) is 0 Å². The van der Waals surface area contributed by atoms with E-state index in [4.69, 9.17) is 9.15 Å². The van der Waals surface area contributed by atoms with Crippen molar-refractivity contribution in [3.8, 4) is 0 Å². The predicted octanol–water partition coefficient (Wildman–Crippen LogP) is 2.87. The van der Waals surface area contributed by atoms with Gasteiger partial charge in [0.2, 0.25) is 5.89 Å². The van der Waals surface area contributed by atoms with E-state index in [9.17, 15) is 13.2 Å². The lowest BCUT2D eigenvalue weighted by Gasteiger charge is -2.24. The number of sulfonamides is 1. The molecule has 0 aliphatic carbocycles. The van der Waals surface area contributed by atoms with Crippen LogP contribution in [-0.4, -0.2) is 30.6 Å². The van der Waals surface area contributed by atoms with Gasteiger partial charge in [0.1, 0.15) is 0 Å². The number of rotatable bonds is 5. The van der Waals surface area contributed by atoms with Crippen LogP contribution in [-0.2, 0) is 27.8 Å². The third kappa shape index (κ3) is 3.61. The van der Waals surface area contributed by atoms with Crippen LogP contribution in [0.5, 0.6) is 0 Å². The Kier molecular flexibility index (Phi) is 4.83. The molecule has 9 heteroatoms. The van der Waals surface area contributed by atoms with Crippen molar-refractivity contribution in [2.45, 2.75) is 37.8 Å². The quantitative estimate of drug-likeness (QED) is 0.593. The lowest BCUT2D eigenvalue weighted by molar-refractivity contribution is 0.0436.